The van der Waals surface area contributed by atoms with Gasteiger partial charge >= 0.3 is 0 Å². The molecular weight excluding hydrogens is 233 g/mol. The molecule has 0 N–H and O–H groups in total. The van der Waals surface area contributed by atoms with Crippen LogP contribution in [0.1, 0.15) is 11.1 Å². The van der Waals surface area contributed by atoms with E-state index in [2.05, 4.69) is 0 Å². The molecule has 0 amide bonds. The lowest BCUT2D eigenvalue weighted by Gasteiger charge is -2.08. The summed E-state index contributed by atoms with van der Waals surface area (Å²) in [6.45, 7) is 2.11. The van der Waals surface area contributed by atoms with Crippen LogP contribution in [0.25, 0.3) is 0 Å². The first kappa shape index (κ1) is 12.4. The lowest BCUT2D eigenvalue weighted by molar-refractivity contribution is 0.386. The van der Waals surface area contributed by atoms with Gasteiger partial charge in [-0.15, -0.1) is 0 Å². The lowest BCUT2D eigenvalue weighted by atomic mass is 10.2. The summed E-state index contributed by atoms with van der Waals surface area (Å²) in [6, 6.07) is 8.25. The number of aryl methyl sites for hydroxylation is 1. The second kappa shape index (κ2) is 5.04. The third-order valence-corrected chi connectivity index (χ3v) is 2.78. The van der Waals surface area contributed by atoms with Gasteiger partial charge in [0, 0.05) is 11.8 Å². The van der Waals surface area contributed by atoms with Crippen LogP contribution in [0.2, 0.25) is 0 Å². The van der Waals surface area contributed by atoms with E-state index < -0.39 is 5.82 Å². The van der Waals surface area contributed by atoms with Gasteiger partial charge in [0.05, 0.1) is 13.7 Å². The fourth-order valence-electron chi connectivity index (χ4n) is 1.79. The van der Waals surface area contributed by atoms with E-state index in [0.29, 0.717) is 12.1 Å². The SMILES string of the molecule is COc1ccc(Cn2cccc(C)c2=O)cc1F. The Bertz CT molecular complexity index is 619. The highest BCUT2D eigenvalue weighted by atomic mass is 19.1. The predicted molar refractivity (Wildman–Crippen MR) is 67.5 cm³/mol. The van der Waals surface area contributed by atoms with Crippen molar-refractivity contribution in [1.29, 1.82) is 0 Å². The van der Waals surface area contributed by atoms with E-state index in [1.807, 2.05) is 0 Å². The number of methoxy groups -OCH3 is 1. The van der Waals surface area contributed by atoms with Crippen LogP contribution in [-0.4, -0.2) is 11.7 Å². The zero-order valence-corrected chi connectivity index (χ0v) is 10.3. The maximum absolute atomic E-state index is 13.5. The molecule has 0 radical (unpaired) electrons. The number of aromatic nitrogens is 1. The Hall–Kier alpha value is -2.10. The summed E-state index contributed by atoms with van der Waals surface area (Å²) in [7, 11) is 1.42. The first-order valence-electron chi connectivity index (χ1n) is 5.60. The number of hydrogen-bond acceptors (Lipinski definition) is 2. The molecule has 2 rings (SSSR count). The summed E-state index contributed by atoms with van der Waals surface area (Å²) in [5.41, 5.74) is 1.33. The first-order chi connectivity index (χ1) is 8.61. The molecule has 0 atom stereocenters. The number of ether oxygens (including phenoxy) is 1. The van der Waals surface area contributed by atoms with E-state index in [1.54, 1.807) is 42.0 Å². The highest BCUT2D eigenvalue weighted by Gasteiger charge is 2.05. The summed E-state index contributed by atoms with van der Waals surface area (Å²) in [4.78, 5) is 11.8. The van der Waals surface area contributed by atoms with Gasteiger partial charge in [-0.1, -0.05) is 12.1 Å². The highest BCUT2D eigenvalue weighted by Crippen LogP contribution is 2.17. The fraction of sp³-hybridized carbons (Fsp3) is 0.214. The maximum atomic E-state index is 13.5. The third-order valence-electron chi connectivity index (χ3n) is 2.78. The van der Waals surface area contributed by atoms with Crippen molar-refractivity contribution >= 4 is 0 Å². The first-order valence-corrected chi connectivity index (χ1v) is 5.60. The van der Waals surface area contributed by atoms with Crippen LogP contribution in [0.4, 0.5) is 4.39 Å². The van der Waals surface area contributed by atoms with Crippen molar-refractivity contribution < 1.29 is 9.13 Å². The molecule has 1 aromatic carbocycles. The monoisotopic (exact) mass is 247 g/mol. The van der Waals surface area contributed by atoms with E-state index in [1.165, 1.54) is 13.2 Å². The zero-order chi connectivity index (χ0) is 13.1. The molecule has 0 saturated heterocycles. The van der Waals surface area contributed by atoms with Crippen molar-refractivity contribution in [3.63, 3.8) is 0 Å². The van der Waals surface area contributed by atoms with Gasteiger partial charge in [-0.3, -0.25) is 4.79 Å². The number of benzene rings is 1. The van der Waals surface area contributed by atoms with Crippen LogP contribution >= 0.6 is 0 Å². The molecule has 0 fully saturated rings. The normalized spacial score (nSPS) is 10.4. The molecule has 1 heterocycles. The Labute approximate surface area is 104 Å². The van der Waals surface area contributed by atoms with Gasteiger partial charge in [0.15, 0.2) is 11.6 Å². The van der Waals surface area contributed by atoms with Crippen LogP contribution < -0.4 is 10.3 Å². The molecule has 4 heteroatoms. The molecule has 0 aliphatic heterocycles. The van der Waals surface area contributed by atoms with Crippen molar-refractivity contribution in [1.82, 2.24) is 4.57 Å². The average Bonchev–Trinajstić information content (AvgIpc) is 2.35. The number of pyridine rings is 1. The average molecular weight is 247 g/mol. The van der Waals surface area contributed by atoms with Crippen LogP contribution in [-0.2, 0) is 6.54 Å². The Morgan fingerprint density at radius 3 is 2.78 bits per heavy atom. The van der Waals surface area contributed by atoms with Crippen LogP contribution in [0, 0.1) is 12.7 Å². The Morgan fingerprint density at radius 1 is 1.33 bits per heavy atom. The van der Waals surface area contributed by atoms with E-state index >= 15 is 0 Å². The number of rotatable bonds is 3. The topological polar surface area (TPSA) is 31.2 Å². The zero-order valence-electron chi connectivity index (χ0n) is 10.3. The molecule has 1 aromatic heterocycles. The Morgan fingerprint density at radius 2 is 2.11 bits per heavy atom. The molecule has 0 aliphatic rings. The molecule has 94 valence electrons. The molecular formula is C14H14FNO2. The van der Waals surface area contributed by atoms with E-state index in [4.69, 9.17) is 4.74 Å². The summed E-state index contributed by atoms with van der Waals surface area (Å²) in [6.07, 6.45) is 1.69. The van der Waals surface area contributed by atoms with Gasteiger partial charge in [-0.05, 0) is 30.7 Å². The molecule has 0 bridgehead atoms. The minimum Gasteiger partial charge on any atom is -0.494 e. The van der Waals surface area contributed by atoms with E-state index in [9.17, 15) is 9.18 Å². The van der Waals surface area contributed by atoms with E-state index in [0.717, 1.165) is 5.56 Å². The minimum absolute atomic E-state index is 0.0614. The van der Waals surface area contributed by atoms with Crippen molar-refractivity contribution in [2.75, 3.05) is 7.11 Å². The summed E-state index contributed by atoms with van der Waals surface area (Å²) >= 11 is 0. The summed E-state index contributed by atoms with van der Waals surface area (Å²) < 4.78 is 19.9. The number of hydrogen-bond donors (Lipinski definition) is 0. The second-order valence-electron chi connectivity index (χ2n) is 4.09. The van der Waals surface area contributed by atoms with Crippen LogP contribution in [0.3, 0.4) is 0 Å². The quantitative estimate of drug-likeness (QED) is 0.833. The Balaban J connectivity index is 2.32. The standard InChI is InChI=1S/C14H14FNO2/c1-10-4-3-7-16(14(10)17)9-11-5-6-13(18-2)12(15)8-11/h3-8H,9H2,1-2H3. The van der Waals surface area contributed by atoms with Crippen molar-refractivity contribution in [2.24, 2.45) is 0 Å². The lowest BCUT2D eigenvalue weighted by Crippen LogP contribution is -2.21. The molecule has 3 nitrogen and oxygen atoms in total. The Kier molecular flexibility index (Phi) is 3.46. The fourth-order valence-corrected chi connectivity index (χ4v) is 1.79. The third kappa shape index (κ3) is 2.42. The van der Waals surface area contributed by atoms with Gasteiger partial charge in [-0.2, -0.15) is 0 Å². The van der Waals surface area contributed by atoms with Gasteiger partial charge in [0.1, 0.15) is 0 Å². The van der Waals surface area contributed by atoms with Gasteiger partial charge in [0.25, 0.3) is 5.56 Å². The minimum atomic E-state index is -0.421. The van der Waals surface area contributed by atoms with Crippen molar-refractivity contribution in [2.45, 2.75) is 13.5 Å². The largest absolute Gasteiger partial charge is 0.494 e. The highest BCUT2D eigenvalue weighted by molar-refractivity contribution is 5.29. The van der Waals surface area contributed by atoms with Gasteiger partial charge in [-0.25, -0.2) is 4.39 Å². The molecule has 0 aliphatic carbocycles. The second-order valence-corrected chi connectivity index (χ2v) is 4.09. The van der Waals surface area contributed by atoms with Crippen LogP contribution in [0.5, 0.6) is 5.75 Å². The summed E-state index contributed by atoms with van der Waals surface area (Å²) in [5, 5.41) is 0. The molecule has 0 unspecified atom stereocenters. The molecule has 18 heavy (non-hydrogen) atoms. The van der Waals surface area contributed by atoms with Crippen LogP contribution in [0.15, 0.2) is 41.3 Å². The molecule has 0 saturated carbocycles. The summed E-state index contributed by atoms with van der Waals surface area (Å²) in [5.74, 6) is -0.217. The van der Waals surface area contributed by atoms with Crippen molar-refractivity contribution in [3.05, 3.63) is 63.8 Å². The smallest absolute Gasteiger partial charge is 0.253 e. The molecule has 2 aromatic rings. The van der Waals surface area contributed by atoms with Gasteiger partial charge in [0.2, 0.25) is 0 Å². The van der Waals surface area contributed by atoms with Gasteiger partial charge < -0.3 is 9.30 Å². The number of nitrogens with zero attached hydrogens (tertiary/aromatic N) is 1. The predicted octanol–water partition coefficient (Wildman–Crippen LogP) is 2.35. The van der Waals surface area contributed by atoms with Crippen molar-refractivity contribution in [3.8, 4) is 5.75 Å². The number of halogens is 1. The van der Waals surface area contributed by atoms with E-state index in [-0.39, 0.29) is 11.3 Å². The maximum Gasteiger partial charge on any atom is 0.253 e. The molecule has 0 spiro atoms.